The average Bonchev–Trinajstić information content (AvgIpc) is 2.64. The van der Waals surface area contributed by atoms with Gasteiger partial charge in [-0.2, -0.15) is 0 Å². The lowest BCUT2D eigenvalue weighted by Crippen LogP contribution is -2.38. The first-order valence-electron chi connectivity index (χ1n) is 8.41. The van der Waals surface area contributed by atoms with Crippen molar-refractivity contribution in [1.29, 1.82) is 0 Å². The molecule has 0 radical (unpaired) electrons. The SMILES string of the molecule is OCCOc1ccc(NC2CCN(Cc3cccnc3)CC2)cn1. The number of hydrogen-bond donors (Lipinski definition) is 2. The topological polar surface area (TPSA) is 70.5 Å². The van der Waals surface area contributed by atoms with Gasteiger partial charge in [0.2, 0.25) is 5.88 Å². The summed E-state index contributed by atoms with van der Waals surface area (Å²) in [6, 6.07) is 8.40. The van der Waals surface area contributed by atoms with Gasteiger partial charge < -0.3 is 15.2 Å². The highest BCUT2D eigenvalue weighted by Gasteiger charge is 2.19. The van der Waals surface area contributed by atoms with E-state index in [0.29, 0.717) is 11.9 Å². The number of nitrogens with zero attached hydrogens (tertiary/aromatic N) is 3. The average molecular weight is 328 g/mol. The van der Waals surface area contributed by atoms with Crippen LogP contribution < -0.4 is 10.1 Å². The first kappa shape index (κ1) is 16.7. The number of piperidine rings is 1. The molecule has 0 atom stereocenters. The zero-order valence-corrected chi connectivity index (χ0v) is 13.8. The molecular weight excluding hydrogens is 304 g/mol. The summed E-state index contributed by atoms with van der Waals surface area (Å²) in [5.41, 5.74) is 2.28. The van der Waals surface area contributed by atoms with Crippen molar-refractivity contribution in [2.75, 3.05) is 31.6 Å². The second-order valence-electron chi connectivity index (χ2n) is 6.01. The van der Waals surface area contributed by atoms with Crippen molar-refractivity contribution < 1.29 is 9.84 Å². The van der Waals surface area contributed by atoms with Gasteiger partial charge in [-0.3, -0.25) is 9.88 Å². The highest BCUT2D eigenvalue weighted by atomic mass is 16.5. The molecule has 0 amide bonds. The molecule has 0 saturated carbocycles. The fourth-order valence-electron chi connectivity index (χ4n) is 2.92. The van der Waals surface area contributed by atoms with Crippen molar-refractivity contribution in [2.45, 2.75) is 25.4 Å². The van der Waals surface area contributed by atoms with Crippen LogP contribution >= 0.6 is 0 Å². The molecule has 2 N–H and O–H groups in total. The van der Waals surface area contributed by atoms with Crippen molar-refractivity contribution in [1.82, 2.24) is 14.9 Å². The van der Waals surface area contributed by atoms with Crippen molar-refractivity contribution >= 4 is 5.69 Å². The number of aromatic nitrogens is 2. The van der Waals surface area contributed by atoms with Crippen LogP contribution in [0, 0.1) is 0 Å². The minimum absolute atomic E-state index is 0.000695. The van der Waals surface area contributed by atoms with Crippen molar-refractivity contribution in [3.63, 3.8) is 0 Å². The number of hydrogen-bond acceptors (Lipinski definition) is 6. The van der Waals surface area contributed by atoms with E-state index in [2.05, 4.69) is 26.3 Å². The van der Waals surface area contributed by atoms with Crippen molar-refractivity contribution in [3.05, 3.63) is 48.4 Å². The Bertz CT molecular complexity index is 598. The van der Waals surface area contributed by atoms with E-state index in [-0.39, 0.29) is 13.2 Å². The van der Waals surface area contributed by atoms with Crippen LogP contribution in [0.2, 0.25) is 0 Å². The van der Waals surface area contributed by atoms with E-state index in [1.807, 2.05) is 30.6 Å². The van der Waals surface area contributed by atoms with Crippen LogP contribution in [-0.2, 0) is 6.54 Å². The molecule has 24 heavy (non-hydrogen) atoms. The number of ether oxygens (including phenoxy) is 1. The van der Waals surface area contributed by atoms with E-state index < -0.39 is 0 Å². The van der Waals surface area contributed by atoms with Gasteiger partial charge in [-0.25, -0.2) is 4.98 Å². The number of pyridine rings is 2. The number of aliphatic hydroxyl groups is 1. The Morgan fingerprint density at radius 1 is 1.21 bits per heavy atom. The maximum Gasteiger partial charge on any atom is 0.213 e. The Morgan fingerprint density at radius 3 is 2.75 bits per heavy atom. The molecular formula is C18H24N4O2. The monoisotopic (exact) mass is 328 g/mol. The maximum absolute atomic E-state index is 8.74. The van der Waals surface area contributed by atoms with Gasteiger partial charge in [0.15, 0.2) is 0 Å². The van der Waals surface area contributed by atoms with Gasteiger partial charge in [0, 0.05) is 44.1 Å². The van der Waals surface area contributed by atoms with Gasteiger partial charge in [0.05, 0.1) is 18.5 Å². The molecule has 0 unspecified atom stereocenters. The third kappa shape index (κ3) is 4.91. The van der Waals surface area contributed by atoms with E-state index in [4.69, 9.17) is 9.84 Å². The molecule has 0 aromatic carbocycles. The van der Waals surface area contributed by atoms with Crippen molar-refractivity contribution in [2.24, 2.45) is 0 Å². The number of nitrogens with one attached hydrogen (secondary N) is 1. The Hall–Kier alpha value is -2.18. The van der Waals surface area contributed by atoms with Crippen molar-refractivity contribution in [3.8, 4) is 5.88 Å². The molecule has 6 heteroatoms. The van der Waals surface area contributed by atoms with Gasteiger partial charge in [0.25, 0.3) is 0 Å². The van der Waals surface area contributed by atoms with Gasteiger partial charge in [-0.1, -0.05) is 6.07 Å². The molecule has 0 bridgehead atoms. The van der Waals surface area contributed by atoms with E-state index in [1.165, 1.54) is 5.56 Å². The number of likely N-dealkylation sites (tertiary alicyclic amines) is 1. The van der Waals surface area contributed by atoms with Crippen LogP contribution in [0.1, 0.15) is 18.4 Å². The lowest BCUT2D eigenvalue weighted by atomic mass is 10.0. The van der Waals surface area contributed by atoms with E-state index in [9.17, 15) is 0 Å². The largest absolute Gasteiger partial charge is 0.475 e. The zero-order chi connectivity index (χ0) is 16.6. The Morgan fingerprint density at radius 2 is 2.08 bits per heavy atom. The van der Waals surface area contributed by atoms with Crippen LogP contribution in [0.4, 0.5) is 5.69 Å². The molecule has 1 saturated heterocycles. The third-order valence-electron chi connectivity index (χ3n) is 4.16. The van der Waals surface area contributed by atoms with Crippen LogP contribution in [0.5, 0.6) is 5.88 Å². The minimum atomic E-state index is -0.000695. The second kappa shape index (κ2) is 8.61. The van der Waals surface area contributed by atoms with Gasteiger partial charge >= 0.3 is 0 Å². The smallest absolute Gasteiger partial charge is 0.213 e. The quantitative estimate of drug-likeness (QED) is 0.809. The summed E-state index contributed by atoms with van der Waals surface area (Å²) >= 11 is 0. The standard InChI is InChI=1S/C18H24N4O2/c23-10-11-24-18-4-3-17(13-20-18)21-16-5-8-22(9-6-16)14-15-2-1-7-19-12-15/h1-4,7,12-13,16,21,23H,5-6,8-11,14H2. The van der Waals surface area contributed by atoms with Gasteiger partial charge in [0.1, 0.15) is 6.61 Å². The second-order valence-corrected chi connectivity index (χ2v) is 6.01. The maximum atomic E-state index is 8.74. The molecule has 128 valence electrons. The Kier molecular flexibility index (Phi) is 5.98. The summed E-state index contributed by atoms with van der Waals surface area (Å²) in [6.45, 7) is 3.41. The predicted octanol–water partition coefficient (Wildman–Crippen LogP) is 1.92. The lowest BCUT2D eigenvalue weighted by Gasteiger charge is -2.32. The normalized spacial score (nSPS) is 16.0. The summed E-state index contributed by atoms with van der Waals surface area (Å²) in [7, 11) is 0. The summed E-state index contributed by atoms with van der Waals surface area (Å²) < 4.78 is 5.27. The molecule has 1 aliphatic heterocycles. The summed E-state index contributed by atoms with van der Waals surface area (Å²) in [5, 5.41) is 12.3. The number of rotatable bonds is 7. The summed E-state index contributed by atoms with van der Waals surface area (Å²) in [6.07, 6.45) is 7.77. The van der Waals surface area contributed by atoms with E-state index in [0.717, 1.165) is 38.2 Å². The fourth-order valence-corrected chi connectivity index (χ4v) is 2.92. The minimum Gasteiger partial charge on any atom is -0.475 e. The molecule has 1 fully saturated rings. The molecule has 2 aromatic rings. The van der Waals surface area contributed by atoms with E-state index in [1.54, 1.807) is 6.20 Å². The summed E-state index contributed by atoms with van der Waals surface area (Å²) in [4.78, 5) is 10.9. The van der Waals surface area contributed by atoms with Gasteiger partial charge in [-0.15, -0.1) is 0 Å². The fraction of sp³-hybridized carbons (Fsp3) is 0.444. The van der Waals surface area contributed by atoms with Gasteiger partial charge in [-0.05, 0) is 30.5 Å². The lowest BCUT2D eigenvalue weighted by molar-refractivity contribution is 0.196. The van der Waals surface area contributed by atoms with Crippen LogP contribution in [0.3, 0.4) is 0 Å². The highest BCUT2D eigenvalue weighted by Crippen LogP contribution is 2.19. The molecule has 2 aromatic heterocycles. The zero-order valence-electron chi connectivity index (χ0n) is 13.8. The number of aliphatic hydroxyl groups excluding tert-OH is 1. The van der Waals surface area contributed by atoms with Crippen LogP contribution in [-0.4, -0.2) is 52.3 Å². The molecule has 6 nitrogen and oxygen atoms in total. The molecule has 3 heterocycles. The number of anilines is 1. The highest BCUT2D eigenvalue weighted by molar-refractivity contribution is 5.43. The molecule has 3 rings (SSSR count). The Labute approximate surface area is 142 Å². The first-order chi connectivity index (χ1) is 11.8. The van der Waals surface area contributed by atoms with E-state index >= 15 is 0 Å². The van der Waals surface area contributed by atoms with Crippen LogP contribution in [0.25, 0.3) is 0 Å². The molecule has 1 aliphatic rings. The molecule has 0 spiro atoms. The molecule has 0 aliphatic carbocycles. The first-order valence-corrected chi connectivity index (χ1v) is 8.41. The van der Waals surface area contributed by atoms with Crippen LogP contribution in [0.15, 0.2) is 42.9 Å². The Balaban J connectivity index is 1.43. The third-order valence-corrected chi connectivity index (χ3v) is 4.16. The summed E-state index contributed by atoms with van der Waals surface area (Å²) in [5.74, 6) is 0.542. The predicted molar refractivity (Wildman–Crippen MR) is 93.0 cm³/mol.